The molecule has 0 saturated carbocycles. The number of carbonyl (C=O) groups excluding carboxylic acids is 1. The van der Waals surface area contributed by atoms with E-state index >= 15 is 0 Å². The minimum absolute atomic E-state index is 0.303. The Morgan fingerprint density at radius 2 is 2.10 bits per heavy atom. The molecule has 1 heterocycles. The highest BCUT2D eigenvalue weighted by Crippen LogP contribution is 2.20. The van der Waals surface area contributed by atoms with Crippen molar-refractivity contribution in [3.05, 3.63) is 51.9 Å². The normalized spacial score (nSPS) is 10.2. The van der Waals surface area contributed by atoms with Crippen LogP contribution in [-0.4, -0.2) is 17.9 Å². The summed E-state index contributed by atoms with van der Waals surface area (Å²) in [7, 11) is 1.69. The average molecular weight is 338 g/mol. The minimum atomic E-state index is -0.311. The molecule has 0 aliphatic heterocycles. The van der Waals surface area contributed by atoms with Gasteiger partial charge in [-0.15, -0.1) is 0 Å². The lowest BCUT2D eigenvalue weighted by atomic mass is 10.2. The Kier molecular flexibility index (Phi) is 4.34. The summed E-state index contributed by atoms with van der Waals surface area (Å²) in [6, 6.07) is 6.09. The molecule has 0 saturated heterocycles. The first-order valence-electron chi connectivity index (χ1n) is 5.92. The van der Waals surface area contributed by atoms with Crippen LogP contribution in [0.25, 0.3) is 0 Å². The molecule has 0 aliphatic carbocycles. The third kappa shape index (κ3) is 3.14. The molecule has 1 aromatic carbocycles. The topological polar surface area (TPSA) is 54.0 Å². The number of nitrogens with one attached hydrogen (secondary N) is 2. The Morgan fingerprint density at radius 1 is 1.35 bits per heavy atom. The summed E-state index contributed by atoms with van der Waals surface area (Å²) in [4.78, 5) is 16.3. The van der Waals surface area contributed by atoms with Crippen LogP contribution in [0.5, 0.6) is 0 Å². The molecule has 1 amide bonds. The maximum absolute atomic E-state index is 13.2. The molecule has 0 aliphatic rings. The van der Waals surface area contributed by atoms with Gasteiger partial charge in [-0.3, -0.25) is 4.79 Å². The van der Waals surface area contributed by atoms with Crippen LogP contribution in [-0.2, 0) is 0 Å². The molecule has 1 aromatic heterocycles. The number of nitrogens with zero attached hydrogens (tertiary/aromatic N) is 1. The van der Waals surface area contributed by atoms with Crippen LogP contribution in [0.3, 0.4) is 0 Å². The lowest BCUT2D eigenvalue weighted by Gasteiger charge is -2.10. The van der Waals surface area contributed by atoms with Gasteiger partial charge in [-0.05, 0) is 52.7 Å². The first kappa shape index (κ1) is 14.5. The highest BCUT2D eigenvalue weighted by Gasteiger charge is 2.13. The molecule has 0 radical (unpaired) electrons. The third-order valence-corrected chi connectivity index (χ3v) is 3.19. The van der Waals surface area contributed by atoms with Crippen LogP contribution >= 0.6 is 15.9 Å². The summed E-state index contributed by atoms with van der Waals surface area (Å²) in [6.45, 7) is 1.64. The second kappa shape index (κ2) is 6.00. The average Bonchev–Trinajstić information content (AvgIpc) is 2.43. The van der Waals surface area contributed by atoms with Gasteiger partial charge in [-0.2, -0.15) is 0 Å². The maximum Gasteiger partial charge on any atom is 0.259 e. The molecule has 104 valence electrons. The molecular weight excluding hydrogens is 325 g/mol. The second-order valence-electron chi connectivity index (χ2n) is 4.22. The number of rotatable bonds is 3. The van der Waals surface area contributed by atoms with Gasteiger partial charge in [0.25, 0.3) is 5.91 Å². The zero-order valence-electron chi connectivity index (χ0n) is 11.0. The van der Waals surface area contributed by atoms with Crippen molar-refractivity contribution < 1.29 is 9.18 Å². The molecule has 2 N–H and O–H groups in total. The Morgan fingerprint density at radius 3 is 2.75 bits per heavy atom. The zero-order chi connectivity index (χ0) is 14.7. The Bertz CT molecular complexity index is 661. The second-order valence-corrected chi connectivity index (χ2v) is 5.13. The van der Waals surface area contributed by atoms with Gasteiger partial charge in [-0.1, -0.05) is 0 Å². The van der Waals surface area contributed by atoms with Crippen LogP contribution < -0.4 is 10.6 Å². The van der Waals surface area contributed by atoms with Gasteiger partial charge in [0.2, 0.25) is 0 Å². The number of benzene rings is 1. The van der Waals surface area contributed by atoms with E-state index in [1.807, 2.05) is 0 Å². The Labute approximate surface area is 124 Å². The first-order valence-corrected chi connectivity index (χ1v) is 6.71. The Balaban J connectivity index is 2.27. The number of hydrogen-bond acceptors (Lipinski definition) is 3. The summed E-state index contributed by atoms with van der Waals surface area (Å²) >= 11 is 3.28. The molecule has 0 bridgehead atoms. The molecule has 4 nitrogen and oxygen atoms in total. The first-order chi connectivity index (χ1) is 9.51. The molecule has 0 spiro atoms. The van der Waals surface area contributed by atoms with Crippen LogP contribution in [0, 0.1) is 12.7 Å². The Hall–Kier alpha value is -1.95. The molecule has 2 rings (SSSR count). The number of aryl methyl sites for hydroxylation is 1. The van der Waals surface area contributed by atoms with E-state index in [4.69, 9.17) is 0 Å². The standard InChI is InChI=1S/C14H13BrFN3O/c1-8-5-10(3-4-12(8)16)19-14(20)11-6-9(15)7-18-13(11)17-2/h3-7H,1-2H3,(H,17,18)(H,19,20). The largest absolute Gasteiger partial charge is 0.372 e. The molecule has 2 aromatic rings. The van der Waals surface area contributed by atoms with E-state index in [9.17, 15) is 9.18 Å². The van der Waals surface area contributed by atoms with Crippen LogP contribution in [0.2, 0.25) is 0 Å². The van der Waals surface area contributed by atoms with E-state index in [1.165, 1.54) is 12.1 Å². The molecule has 0 unspecified atom stereocenters. The number of anilines is 2. The summed E-state index contributed by atoms with van der Waals surface area (Å²) < 4.78 is 13.9. The smallest absolute Gasteiger partial charge is 0.259 e. The fraction of sp³-hybridized carbons (Fsp3) is 0.143. The lowest BCUT2D eigenvalue weighted by Crippen LogP contribution is -2.15. The lowest BCUT2D eigenvalue weighted by molar-refractivity contribution is 0.102. The molecule has 0 atom stereocenters. The monoisotopic (exact) mass is 337 g/mol. The van der Waals surface area contributed by atoms with Crippen LogP contribution in [0.1, 0.15) is 15.9 Å². The van der Waals surface area contributed by atoms with E-state index in [0.29, 0.717) is 27.1 Å². The van der Waals surface area contributed by atoms with Gasteiger partial charge in [0.15, 0.2) is 0 Å². The molecule has 0 fully saturated rings. The van der Waals surface area contributed by atoms with E-state index in [-0.39, 0.29) is 11.7 Å². The number of hydrogen-bond donors (Lipinski definition) is 2. The predicted molar refractivity (Wildman–Crippen MR) is 80.6 cm³/mol. The van der Waals surface area contributed by atoms with Gasteiger partial charge in [-0.25, -0.2) is 9.37 Å². The van der Waals surface area contributed by atoms with Gasteiger partial charge in [0.1, 0.15) is 11.6 Å². The number of aromatic nitrogens is 1. The summed E-state index contributed by atoms with van der Waals surface area (Å²) in [6.07, 6.45) is 1.60. The van der Waals surface area contributed by atoms with Crippen molar-refractivity contribution in [1.82, 2.24) is 4.98 Å². The van der Waals surface area contributed by atoms with Gasteiger partial charge in [0.05, 0.1) is 5.56 Å². The SMILES string of the molecule is CNc1ncc(Br)cc1C(=O)Nc1ccc(F)c(C)c1. The van der Waals surface area contributed by atoms with Crippen LogP contribution in [0.15, 0.2) is 34.9 Å². The molecule has 20 heavy (non-hydrogen) atoms. The number of amides is 1. The van der Waals surface area contributed by atoms with Gasteiger partial charge in [0, 0.05) is 23.4 Å². The fourth-order valence-corrected chi connectivity index (χ4v) is 2.06. The van der Waals surface area contributed by atoms with Crippen molar-refractivity contribution in [2.45, 2.75) is 6.92 Å². The predicted octanol–water partition coefficient (Wildman–Crippen LogP) is 3.59. The van der Waals surface area contributed by atoms with E-state index in [1.54, 1.807) is 32.3 Å². The van der Waals surface area contributed by atoms with Crippen molar-refractivity contribution in [2.75, 3.05) is 17.7 Å². The number of carbonyl (C=O) groups is 1. The molecule has 6 heteroatoms. The minimum Gasteiger partial charge on any atom is -0.372 e. The van der Waals surface area contributed by atoms with Gasteiger partial charge >= 0.3 is 0 Å². The fourth-order valence-electron chi connectivity index (χ4n) is 1.73. The van der Waals surface area contributed by atoms with Gasteiger partial charge < -0.3 is 10.6 Å². The van der Waals surface area contributed by atoms with Crippen molar-refractivity contribution in [1.29, 1.82) is 0 Å². The number of halogens is 2. The molecular formula is C14H13BrFN3O. The quantitative estimate of drug-likeness (QED) is 0.899. The van der Waals surface area contributed by atoms with Crippen molar-refractivity contribution >= 4 is 33.3 Å². The third-order valence-electron chi connectivity index (χ3n) is 2.75. The summed E-state index contributed by atoms with van der Waals surface area (Å²) in [5.74, 6) is -0.137. The summed E-state index contributed by atoms with van der Waals surface area (Å²) in [5, 5.41) is 5.58. The van der Waals surface area contributed by atoms with Crippen molar-refractivity contribution in [2.24, 2.45) is 0 Å². The highest BCUT2D eigenvalue weighted by atomic mass is 79.9. The highest BCUT2D eigenvalue weighted by molar-refractivity contribution is 9.10. The van der Waals surface area contributed by atoms with E-state index in [0.717, 1.165) is 0 Å². The van der Waals surface area contributed by atoms with E-state index < -0.39 is 0 Å². The van der Waals surface area contributed by atoms with Crippen LogP contribution in [0.4, 0.5) is 15.9 Å². The number of pyridine rings is 1. The zero-order valence-corrected chi connectivity index (χ0v) is 12.6. The summed E-state index contributed by atoms with van der Waals surface area (Å²) in [5.41, 5.74) is 1.42. The van der Waals surface area contributed by atoms with Crippen molar-refractivity contribution in [3.63, 3.8) is 0 Å². The van der Waals surface area contributed by atoms with E-state index in [2.05, 4.69) is 31.5 Å². The maximum atomic E-state index is 13.2. The van der Waals surface area contributed by atoms with Crippen molar-refractivity contribution in [3.8, 4) is 0 Å².